The standard InChI is InChI=1S/C26H28N6O3/c27-25(34)24-19-8-9-28-13-22(19)31(30-24)14-23(33)32-20-11-17(20)12-21(32)26(35)29-18-7-6-16(10-18)15-4-2-1-3-5-15/h1-5,8-9,13,16-18,20-21H,6-7,10-12,14H2,(H2,27,34)(H,29,35)/t16-,17-,18-,20-,21+/m1/s1. The maximum atomic E-state index is 13.4. The van der Waals surface area contributed by atoms with Crippen molar-refractivity contribution in [3.8, 4) is 0 Å². The Morgan fingerprint density at radius 3 is 2.69 bits per heavy atom. The number of carbonyl (C=O) groups excluding carboxylic acids is 3. The van der Waals surface area contributed by atoms with E-state index < -0.39 is 11.9 Å². The van der Waals surface area contributed by atoms with Gasteiger partial charge in [0.15, 0.2) is 5.69 Å². The molecule has 0 spiro atoms. The van der Waals surface area contributed by atoms with E-state index in [0.29, 0.717) is 29.2 Å². The molecule has 5 atom stereocenters. The second-order valence-electron chi connectivity index (χ2n) is 10.0. The molecule has 2 aliphatic carbocycles. The Bertz CT molecular complexity index is 1300. The summed E-state index contributed by atoms with van der Waals surface area (Å²) in [5, 5.41) is 8.08. The molecule has 9 nitrogen and oxygen atoms in total. The van der Waals surface area contributed by atoms with Gasteiger partial charge in [0.05, 0.1) is 11.7 Å². The van der Waals surface area contributed by atoms with Crippen molar-refractivity contribution in [2.24, 2.45) is 11.7 Å². The quantitative estimate of drug-likeness (QED) is 0.568. The van der Waals surface area contributed by atoms with Crippen LogP contribution in [-0.4, -0.2) is 55.5 Å². The first kappa shape index (κ1) is 21.8. The number of benzene rings is 1. The second kappa shape index (κ2) is 8.48. The Morgan fingerprint density at radius 1 is 1.06 bits per heavy atom. The monoisotopic (exact) mass is 472 g/mol. The zero-order chi connectivity index (χ0) is 24.1. The maximum absolute atomic E-state index is 13.4. The Balaban J connectivity index is 1.15. The minimum absolute atomic E-state index is 0.0610. The van der Waals surface area contributed by atoms with Crippen molar-refractivity contribution in [2.45, 2.75) is 62.7 Å². The molecule has 2 saturated carbocycles. The molecule has 0 bridgehead atoms. The van der Waals surface area contributed by atoms with Crippen molar-refractivity contribution in [1.82, 2.24) is 25.0 Å². The number of piperidine rings is 1. The van der Waals surface area contributed by atoms with Crippen LogP contribution >= 0.6 is 0 Å². The Kier molecular flexibility index (Phi) is 5.27. The smallest absolute Gasteiger partial charge is 0.269 e. The first-order valence-corrected chi connectivity index (χ1v) is 12.3. The molecule has 0 radical (unpaired) electrons. The average molecular weight is 473 g/mol. The van der Waals surface area contributed by atoms with Gasteiger partial charge in [-0.15, -0.1) is 0 Å². The van der Waals surface area contributed by atoms with Crippen LogP contribution in [-0.2, 0) is 16.1 Å². The first-order chi connectivity index (χ1) is 17.0. The molecular formula is C26H28N6O3. The van der Waals surface area contributed by atoms with E-state index in [1.165, 1.54) is 10.2 Å². The summed E-state index contributed by atoms with van der Waals surface area (Å²) in [4.78, 5) is 44.4. The number of fused-ring (bicyclic) bond motifs is 2. The molecule has 35 heavy (non-hydrogen) atoms. The van der Waals surface area contributed by atoms with Gasteiger partial charge in [0.1, 0.15) is 12.6 Å². The van der Waals surface area contributed by atoms with Gasteiger partial charge in [-0.1, -0.05) is 30.3 Å². The van der Waals surface area contributed by atoms with E-state index >= 15 is 0 Å². The summed E-state index contributed by atoms with van der Waals surface area (Å²) in [5.74, 6) is -0.0505. The number of nitrogens with zero attached hydrogens (tertiary/aromatic N) is 4. The van der Waals surface area contributed by atoms with Crippen LogP contribution in [0.25, 0.3) is 10.9 Å². The lowest BCUT2D eigenvalue weighted by molar-refractivity contribution is -0.140. The number of likely N-dealkylation sites (tertiary alicyclic amines) is 1. The van der Waals surface area contributed by atoms with Gasteiger partial charge in [-0.05, 0) is 55.6 Å². The highest BCUT2D eigenvalue weighted by molar-refractivity contribution is 6.04. The number of rotatable bonds is 6. The number of amides is 3. The van der Waals surface area contributed by atoms with E-state index in [0.717, 1.165) is 25.7 Å². The van der Waals surface area contributed by atoms with Gasteiger partial charge in [-0.25, -0.2) is 0 Å². The average Bonchev–Trinajstić information content (AvgIpc) is 3.20. The molecule has 1 saturated heterocycles. The Labute approximate surface area is 202 Å². The van der Waals surface area contributed by atoms with Crippen LogP contribution in [0.5, 0.6) is 0 Å². The van der Waals surface area contributed by atoms with Crippen molar-refractivity contribution in [3.05, 3.63) is 60.0 Å². The molecule has 3 aromatic rings. The molecule has 2 aromatic heterocycles. The molecule has 3 amide bonds. The molecule has 3 N–H and O–H groups in total. The largest absolute Gasteiger partial charge is 0.364 e. The molecule has 0 unspecified atom stereocenters. The normalized spacial score (nSPS) is 27.1. The molecule has 3 aliphatic rings. The number of pyridine rings is 1. The van der Waals surface area contributed by atoms with Crippen molar-refractivity contribution < 1.29 is 14.4 Å². The van der Waals surface area contributed by atoms with E-state index in [1.807, 2.05) is 6.07 Å². The molecule has 3 fully saturated rings. The lowest BCUT2D eigenvalue weighted by Crippen LogP contribution is -2.50. The third-order valence-corrected chi connectivity index (χ3v) is 7.82. The first-order valence-electron chi connectivity index (χ1n) is 12.3. The zero-order valence-corrected chi connectivity index (χ0v) is 19.3. The number of aromatic nitrogens is 3. The van der Waals surface area contributed by atoms with Crippen LogP contribution < -0.4 is 11.1 Å². The fraction of sp³-hybridized carbons (Fsp3) is 0.423. The number of nitrogens with two attached hydrogens (primary N) is 1. The van der Waals surface area contributed by atoms with E-state index in [2.05, 4.69) is 39.7 Å². The van der Waals surface area contributed by atoms with Crippen molar-refractivity contribution in [2.75, 3.05) is 0 Å². The second-order valence-corrected chi connectivity index (χ2v) is 10.0. The van der Waals surface area contributed by atoms with Crippen molar-refractivity contribution >= 4 is 28.6 Å². The summed E-state index contributed by atoms with van der Waals surface area (Å²) in [6, 6.07) is 11.9. The number of carbonyl (C=O) groups is 3. The SMILES string of the molecule is NC(=O)c1nn(CC(=O)N2[C@@H]3C[C@@H]3C[C@H]2C(=O)N[C@@H]2CC[C@@H](c3ccccc3)C2)c2cnccc12. The van der Waals surface area contributed by atoms with Gasteiger partial charge in [-0.3, -0.25) is 24.0 Å². The summed E-state index contributed by atoms with van der Waals surface area (Å²) in [6.07, 6.45) is 7.68. The van der Waals surface area contributed by atoms with E-state index in [9.17, 15) is 14.4 Å². The highest BCUT2D eigenvalue weighted by Crippen LogP contribution is 2.48. The van der Waals surface area contributed by atoms with E-state index in [1.54, 1.807) is 23.4 Å². The molecule has 6 rings (SSSR count). The topological polar surface area (TPSA) is 123 Å². The predicted molar refractivity (Wildman–Crippen MR) is 128 cm³/mol. The van der Waals surface area contributed by atoms with E-state index in [4.69, 9.17) is 5.73 Å². The zero-order valence-electron chi connectivity index (χ0n) is 19.3. The number of hydrogen-bond donors (Lipinski definition) is 2. The highest BCUT2D eigenvalue weighted by Gasteiger charge is 2.56. The minimum Gasteiger partial charge on any atom is -0.364 e. The summed E-state index contributed by atoms with van der Waals surface area (Å²) < 4.78 is 1.47. The molecule has 9 heteroatoms. The molecular weight excluding hydrogens is 444 g/mol. The van der Waals surface area contributed by atoms with E-state index in [-0.39, 0.29) is 36.1 Å². The van der Waals surface area contributed by atoms with Gasteiger partial charge in [-0.2, -0.15) is 5.10 Å². The highest BCUT2D eigenvalue weighted by atomic mass is 16.2. The molecule has 3 heterocycles. The summed E-state index contributed by atoms with van der Waals surface area (Å²) in [5.41, 5.74) is 7.48. The Morgan fingerprint density at radius 2 is 1.89 bits per heavy atom. The Hall–Kier alpha value is -3.75. The van der Waals surface area contributed by atoms with Crippen LogP contribution in [0.2, 0.25) is 0 Å². The van der Waals surface area contributed by atoms with Gasteiger partial charge >= 0.3 is 0 Å². The summed E-state index contributed by atoms with van der Waals surface area (Å²) in [7, 11) is 0. The van der Waals surface area contributed by atoms with Crippen molar-refractivity contribution in [1.29, 1.82) is 0 Å². The predicted octanol–water partition coefficient (Wildman–Crippen LogP) is 1.97. The van der Waals surface area contributed by atoms with Crippen LogP contribution in [0, 0.1) is 5.92 Å². The van der Waals surface area contributed by atoms with Gasteiger partial charge < -0.3 is 16.0 Å². The fourth-order valence-corrected chi connectivity index (χ4v) is 6.02. The summed E-state index contributed by atoms with van der Waals surface area (Å²) >= 11 is 0. The molecule has 1 aromatic carbocycles. The van der Waals surface area contributed by atoms with Crippen molar-refractivity contribution in [3.63, 3.8) is 0 Å². The maximum Gasteiger partial charge on any atom is 0.269 e. The lowest BCUT2D eigenvalue weighted by atomic mass is 9.97. The third-order valence-electron chi connectivity index (χ3n) is 7.82. The fourth-order valence-electron chi connectivity index (χ4n) is 6.02. The third kappa shape index (κ3) is 3.94. The summed E-state index contributed by atoms with van der Waals surface area (Å²) in [6.45, 7) is -0.0675. The van der Waals surface area contributed by atoms with Crippen LogP contribution in [0.15, 0.2) is 48.8 Å². The van der Waals surface area contributed by atoms with Crippen LogP contribution in [0.1, 0.15) is 54.1 Å². The van der Waals surface area contributed by atoms with Gasteiger partial charge in [0.25, 0.3) is 5.91 Å². The number of nitrogens with one attached hydrogen (secondary N) is 1. The number of hydrogen-bond acceptors (Lipinski definition) is 5. The molecule has 1 aliphatic heterocycles. The van der Waals surface area contributed by atoms with Gasteiger partial charge in [0, 0.05) is 23.7 Å². The van der Waals surface area contributed by atoms with Crippen LogP contribution in [0.4, 0.5) is 0 Å². The number of primary amides is 1. The molecule has 180 valence electrons. The van der Waals surface area contributed by atoms with Crippen LogP contribution in [0.3, 0.4) is 0 Å². The van der Waals surface area contributed by atoms with Gasteiger partial charge in [0.2, 0.25) is 11.8 Å². The lowest BCUT2D eigenvalue weighted by Gasteiger charge is -2.28. The minimum atomic E-state index is -0.654.